The van der Waals surface area contributed by atoms with E-state index in [2.05, 4.69) is 40.7 Å². The maximum atomic E-state index is 4.62. The van der Waals surface area contributed by atoms with E-state index in [9.17, 15) is 0 Å². The summed E-state index contributed by atoms with van der Waals surface area (Å²) in [6.07, 6.45) is 4.04. The molecule has 1 aromatic heterocycles. The standard InChI is InChI=1S/C14H26N4/c1-11-14(17(4)12(2)16-11)13(10-15-3)18-8-6-5-7-9-18/h13,15H,5-10H2,1-4H3. The minimum absolute atomic E-state index is 0.460. The van der Waals surface area contributed by atoms with E-state index in [4.69, 9.17) is 0 Å². The minimum Gasteiger partial charge on any atom is -0.334 e. The first-order valence-corrected chi connectivity index (χ1v) is 7.03. The highest BCUT2D eigenvalue weighted by Gasteiger charge is 2.26. The van der Waals surface area contributed by atoms with Crippen molar-refractivity contribution in [1.82, 2.24) is 19.8 Å². The smallest absolute Gasteiger partial charge is 0.105 e. The Morgan fingerprint density at radius 3 is 2.39 bits per heavy atom. The summed E-state index contributed by atoms with van der Waals surface area (Å²) in [7, 11) is 4.17. The largest absolute Gasteiger partial charge is 0.334 e. The molecule has 0 spiro atoms. The number of aromatic nitrogens is 2. The van der Waals surface area contributed by atoms with Gasteiger partial charge in [0.1, 0.15) is 5.82 Å². The van der Waals surface area contributed by atoms with Crippen LogP contribution >= 0.6 is 0 Å². The Balaban J connectivity index is 2.28. The van der Waals surface area contributed by atoms with Crippen LogP contribution in [0.15, 0.2) is 0 Å². The lowest BCUT2D eigenvalue weighted by Gasteiger charge is -2.35. The number of nitrogens with one attached hydrogen (secondary N) is 1. The first-order chi connectivity index (χ1) is 8.65. The first kappa shape index (κ1) is 13.6. The van der Waals surface area contributed by atoms with E-state index in [0.717, 1.165) is 12.4 Å². The van der Waals surface area contributed by atoms with E-state index in [0.29, 0.717) is 6.04 Å². The lowest BCUT2D eigenvalue weighted by molar-refractivity contribution is 0.156. The molecule has 2 heterocycles. The second kappa shape index (κ2) is 5.85. The molecule has 2 rings (SSSR count). The van der Waals surface area contributed by atoms with Crippen molar-refractivity contribution in [3.63, 3.8) is 0 Å². The van der Waals surface area contributed by atoms with Gasteiger partial charge in [-0.25, -0.2) is 4.98 Å². The molecule has 1 N–H and O–H groups in total. The molecule has 0 saturated carbocycles. The summed E-state index contributed by atoms with van der Waals surface area (Å²) in [6.45, 7) is 7.66. The zero-order chi connectivity index (χ0) is 13.1. The predicted molar refractivity (Wildman–Crippen MR) is 74.8 cm³/mol. The highest BCUT2D eigenvalue weighted by Crippen LogP contribution is 2.26. The number of aryl methyl sites for hydroxylation is 2. The van der Waals surface area contributed by atoms with Crippen LogP contribution in [0.1, 0.15) is 42.5 Å². The topological polar surface area (TPSA) is 33.1 Å². The molecule has 1 atom stereocenters. The monoisotopic (exact) mass is 250 g/mol. The Bertz CT molecular complexity index is 391. The number of rotatable bonds is 4. The average Bonchev–Trinajstić information content (AvgIpc) is 2.62. The van der Waals surface area contributed by atoms with Crippen molar-refractivity contribution in [2.24, 2.45) is 7.05 Å². The quantitative estimate of drug-likeness (QED) is 0.884. The predicted octanol–water partition coefficient (Wildman–Crippen LogP) is 1.78. The highest BCUT2D eigenvalue weighted by atomic mass is 15.2. The fourth-order valence-corrected chi connectivity index (χ4v) is 3.08. The second-order valence-electron chi connectivity index (χ2n) is 5.36. The molecular weight excluding hydrogens is 224 g/mol. The van der Waals surface area contributed by atoms with Crippen molar-refractivity contribution < 1.29 is 0 Å². The van der Waals surface area contributed by atoms with Crippen molar-refractivity contribution >= 4 is 0 Å². The molecule has 0 amide bonds. The number of likely N-dealkylation sites (tertiary alicyclic amines) is 1. The molecule has 0 bridgehead atoms. The van der Waals surface area contributed by atoms with E-state index in [1.54, 1.807) is 0 Å². The van der Waals surface area contributed by atoms with E-state index in [1.807, 2.05) is 7.05 Å². The molecule has 4 heteroatoms. The molecule has 18 heavy (non-hydrogen) atoms. The van der Waals surface area contributed by atoms with Crippen LogP contribution in [0.2, 0.25) is 0 Å². The van der Waals surface area contributed by atoms with E-state index >= 15 is 0 Å². The normalized spacial score (nSPS) is 19.1. The Kier molecular flexibility index (Phi) is 4.40. The van der Waals surface area contributed by atoms with Gasteiger partial charge < -0.3 is 9.88 Å². The Hall–Kier alpha value is -0.870. The van der Waals surface area contributed by atoms with E-state index < -0.39 is 0 Å². The molecular formula is C14H26N4. The molecule has 0 aliphatic carbocycles. The second-order valence-corrected chi connectivity index (χ2v) is 5.36. The maximum absolute atomic E-state index is 4.62. The summed E-state index contributed by atoms with van der Waals surface area (Å²) in [5.41, 5.74) is 2.56. The SMILES string of the molecule is CNCC(c1c(C)nc(C)n1C)N1CCCCC1. The van der Waals surface area contributed by atoms with E-state index in [-0.39, 0.29) is 0 Å². The van der Waals surface area contributed by atoms with Gasteiger partial charge in [0.2, 0.25) is 0 Å². The minimum atomic E-state index is 0.460. The van der Waals surface area contributed by atoms with Gasteiger partial charge in [0.15, 0.2) is 0 Å². The number of nitrogens with zero attached hydrogens (tertiary/aromatic N) is 3. The Morgan fingerprint density at radius 1 is 1.22 bits per heavy atom. The average molecular weight is 250 g/mol. The third kappa shape index (κ3) is 2.59. The molecule has 1 aliphatic heterocycles. The van der Waals surface area contributed by atoms with Crippen LogP contribution in [0.4, 0.5) is 0 Å². The third-order valence-electron chi connectivity index (χ3n) is 4.09. The maximum Gasteiger partial charge on any atom is 0.105 e. The number of piperidine rings is 1. The first-order valence-electron chi connectivity index (χ1n) is 7.03. The van der Waals surface area contributed by atoms with Gasteiger partial charge in [-0.2, -0.15) is 0 Å². The van der Waals surface area contributed by atoms with Gasteiger partial charge in [-0.1, -0.05) is 6.42 Å². The molecule has 1 saturated heterocycles. The fourth-order valence-electron chi connectivity index (χ4n) is 3.08. The van der Waals surface area contributed by atoms with Crippen molar-refractivity contribution in [3.05, 3.63) is 17.2 Å². The molecule has 0 aromatic carbocycles. The van der Waals surface area contributed by atoms with Gasteiger partial charge >= 0.3 is 0 Å². The van der Waals surface area contributed by atoms with E-state index in [1.165, 1.54) is 43.7 Å². The fraction of sp³-hybridized carbons (Fsp3) is 0.786. The van der Waals surface area contributed by atoms with Crippen molar-refractivity contribution in [2.75, 3.05) is 26.7 Å². The van der Waals surface area contributed by atoms with Crippen molar-refractivity contribution in [2.45, 2.75) is 39.2 Å². The molecule has 1 unspecified atom stereocenters. The van der Waals surface area contributed by atoms with Crippen LogP contribution in [0.3, 0.4) is 0 Å². The lowest BCUT2D eigenvalue weighted by atomic mass is 10.0. The highest BCUT2D eigenvalue weighted by molar-refractivity contribution is 5.20. The van der Waals surface area contributed by atoms with Gasteiger partial charge in [0, 0.05) is 13.6 Å². The van der Waals surface area contributed by atoms with Crippen molar-refractivity contribution in [1.29, 1.82) is 0 Å². The van der Waals surface area contributed by atoms with Crippen LogP contribution in [0.25, 0.3) is 0 Å². The molecule has 1 aliphatic rings. The summed E-state index contributed by atoms with van der Waals surface area (Å²) in [5.74, 6) is 1.11. The van der Waals surface area contributed by atoms with Gasteiger partial charge in [0.05, 0.1) is 17.4 Å². The summed E-state index contributed by atoms with van der Waals surface area (Å²) in [4.78, 5) is 7.23. The van der Waals surface area contributed by atoms with Gasteiger partial charge in [-0.05, 0) is 46.8 Å². The summed E-state index contributed by atoms with van der Waals surface area (Å²) < 4.78 is 2.26. The molecule has 0 radical (unpaired) electrons. The summed E-state index contributed by atoms with van der Waals surface area (Å²) in [5, 5.41) is 3.34. The summed E-state index contributed by atoms with van der Waals surface area (Å²) >= 11 is 0. The number of likely N-dealkylation sites (N-methyl/N-ethyl adjacent to an activating group) is 1. The van der Waals surface area contributed by atoms with Gasteiger partial charge in [-0.3, -0.25) is 4.90 Å². The molecule has 4 nitrogen and oxygen atoms in total. The van der Waals surface area contributed by atoms with Crippen LogP contribution in [0, 0.1) is 13.8 Å². The number of hydrogen-bond donors (Lipinski definition) is 1. The van der Waals surface area contributed by atoms with Crippen LogP contribution in [0.5, 0.6) is 0 Å². The van der Waals surface area contributed by atoms with Crippen LogP contribution in [-0.2, 0) is 7.05 Å². The zero-order valence-electron chi connectivity index (χ0n) is 12.2. The van der Waals surface area contributed by atoms with Crippen LogP contribution < -0.4 is 5.32 Å². The lowest BCUT2D eigenvalue weighted by Crippen LogP contribution is -2.39. The molecule has 102 valence electrons. The number of hydrogen-bond acceptors (Lipinski definition) is 3. The number of imidazole rings is 1. The van der Waals surface area contributed by atoms with Crippen LogP contribution in [-0.4, -0.2) is 41.1 Å². The summed E-state index contributed by atoms with van der Waals surface area (Å²) in [6, 6.07) is 0.460. The Morgan fingerprint density at radius 2 is 1.89 bits per heavy atom. The molecule has 1 fully saturated rings. The Labute approximate surface area is 110 Å². The molecule has 1 aromatic rings. The third-order valence-corrected chi connectivity index (χ3v) is 4.09. The zero-order valence-corrected chi connectivity index (χ0v) is 12.2. The van der Waals surface area contributed by atoms with Crippen molar-refractivity contribution in [3.8, 4) is 0 Å². The van der Waals surface area contributed by atoms with Gasteiger partial charge in [0.25, 0.3) is 0 Å². The van der Waals surface area contributed by atoms with Gasteiger partial charge in [-0.15, -0.1) is 0 Å².